The number of esters is 2. The standard InChI is InChI=1S/C15H21NO3.C8H15NO3.CH2O2.H3N/c1-18-12-15(14(17)19-2)8-9-16(11-15)10-13-6-4-3-5-7-13;1-11-6-8(7(10)12-2)3-4-9-5-8;2-1-3;/h3-7H,8-12H2,1-2H3;9H,3-6H2,1-2H3;1H,(H,2,3);1H3. The van der Waals surface area contributed by atoms with Crippen LogP contribution in [0.1, 0.15) is 18.4 Å². The number of carbonyl (C=O) groups is 3. The minimum Gasteiger partial charge on any atom is -0.483 e. The number of carboxylic acid groups (broad SMARTS) is 1. The summed E-state index contributed by atoms with van der Waals surface area (Å²) < 4.78 is 19.9. The van der Waals surface area contributed by atoms with E-state index in [2.05, 4.69) is 22.3 Å². The lowest BCUT2D eigenvalue weighted by Gasteiger charge is -2.25. The molecule has 2 aliphatic heterocycles. The van der Waals surface area contributed by atoms with Gasteiger partial charge in [-0.05, 0) is 31.5 Å². The van der Waals surface area contributed by atoms with Crippen LogP contribution in [0.15, 0.2) is 30.3 Å². The molecule has 0 aliphatic carbocycles. The first kappa shape index (κ1) is 32.4. The van der Waals surface area contributed by atoms with Crippen molar-refractivity contribution in [3.8, 4) is 0 Å². The van der Waals surface area contributed by atoms with Gasteiger partial charge in [0.1, 0.15) is 10.8 Å². The fourth-order valence-corrected chi connectivity index (χ4v) is 4.36. The van der Waals surface area contributed by atoms with Crippen molar-refractivity contribution in [3.05, 3.63) is 35.9 Å². The molecule has 0 bridgehead atoms. The molecule has 0 spiro atoms. The predicted molar refractivity (Wildman–Crippen MR) is 130 cm³/mol. The number of hydrogen-bond acceptors (Lipinski definition) is 10. The second-order valence-electron chi connectivity index (χ2n) is 8.39. The summed E-state index contributed by atoms with van der Waals surface area (Å²) in [5, 5.41) is 10.0. The molecule has 0 radical (unpaired) electrons. The molecule has 1 aromatic carbocycles. The average molecular weight is 500 g/mol. The van der Waals surface area contributed by atoms with Gasteiger partial charge in [0.25, 0.3) is 6.47 Å². The first-order chi connectivity index (χ1) is 16.4. The summed E-state index contributed by atoms with van der Waals surface area (Å²) in [6, 6.07) is 10.3. The Hall–Kier alpha value is -2.57. The molecule has 11 nitrogen and oxygen atoms in total. The van der Waals surface area contributed by atoms with Crippen LogP contribution in [0.5, 0.6) is 0 Å². The van der Waals surface area contributed by atoms with E-state index >= 15 is 0 Å². The number of rotatable bonds is 8. The average Bonchev–Trinajstić information content (AvgIpc) is 3.49. The molecule has 3 rings (SSSR count). The van der Waals surface area contributed by atoms with E-state index in [1.54, 1.807) is 14.2 Å². The van der Waals surface area contributed by atoms with Crippen LogP contribution >= 0.6 is 0 Å². The van der Waals surface area contributed by atoms with Gasteiger partial charge in [0, 0.05) is 33.9 Å². The predicted octanol–water partition coefficient (Wildman–Crippen LogP) is 1.35. The van der Waals surface area contributed by atoms with Crippen LogP contribution in [0.2, 0.25) is 0 Å². The number of nitrogens with zero attached hydrogens (tertiary/aromatic N) is 1. The molecule has 0 aromatic heterocycles. The summed E-state index contributed by atoms with van der Waals surface area (Å²) in [7, 11) is 6.09. The Bertz CT molecular complexity index is 744. The molecule has 5 N–H and O–H groups in total. The Balaban J connectivity index is 0.000000624. The van der Waals surface area contributed by atoms with E-state index in [4.69, 9.17) is 28.8 Å². The van der Waals surface area contributed by atoms with Gasteiger partial charge in [0.05, 0.1) is 27.4 Å². The first-order valence-electron chi connectivity index (χ1n) is 11.1. The highest BCUT2D eigenvalue weighted by atomic mass is 16.5. The van der Waals surface area contributed by atoms with Crippen molar-refractivity contribution >= 4 is 18.4 Å². The maximum Gasteiger partial charge on any atom is 0.315 e. The van der Waals surface area contributed by atoms with E-state index in [9.17, 15) is 9.59 Å². The van der Waals surface area contributed by atoms with Gasteiger partial charge in [0.15, 0.2) is 0 Å². The summed E-state index contributed by atoms with van der Waals surface area (Å²) in [4.78, 5) is 34.0. The van der Waals surface area contributed by atoms with Gasteiger partial charge in [-0.3, -0.25) is 19.3 Å². The third kappa shape index (κ3) is 9.54. The van der Waals surface area contributed by atoms with Crippen LogP contribution in [-0.2, 0) is 39.9 Å². The molecule has 0 saturated carbocycles. The van der Waals surface area contributed by atoms with Crippen molar-refractivity contribution in [3.63, 3.8) is 0 Å². The number of likely N-dealkylation sites (tertiary alicyclic amines) is 1. The van der Waals surface area contributed by atoms with Crippen molar-refractivity contribution < 1.29 is 38.4 Å². The molecule has 200 valence electrons. The molecule has 2 aliphatic rings. The van der Waals surface area contributed by atoms with Gasteiger partial charge in [0.2, 0.25) is 0 Å². The molecular formula is C24H41N3O8. The normalized spacial score (nSPS) is 23.0. The highest BCUT2D eigenvalue weighted by molar-refractivity contribution is 5.78. The Kier molecular flexibility index (Phi) is 15.7. The monoisotopic (exact) mass is 499 g/mol. The summed E-state index contributed by atoms with van der Waals surface area (Å²) in [5.74, 6) is -0.334. The Morgan fingerprint density at radius 3 is 2.03 bits per heavy atom. The number of methoxy groups -OCH3 is 4. The van der Waals surface area contributed by atoms with Crippen molar-refractivity contribution in [1.82, 2.24) is 16.4 Å². The van der Waals surface area contributed by atoms with Crippen molar-refractivity contribution in [2.45, 2.75) is 19.4 Å². The van der Waals surface area contributed by atoms with E-state index in [0.717, 1.165) is 32.5 Å². The lowest BCUT2D eigenvalue weighted by molar-refractivity contribution is -0.155. The molecule has 2 fully saturated rings. The van der Waals surface area contributed by atoms with Crippen molar-refractivity contribution in [2.24, 2.45) is 10.8 Å². The third-order valence-corrected chi connectivity index (χ3v) is 6.00. The topological polar surface area (TPSA) is 159 Å². The van der Waals surface area contributed by atoms with Crippen LogP contribution in [0.3, 0.4) is 0 Å². The fourth-order valence-electron chi connectivity index (χ4n) is 4.36. The minimum absolute atomic E-state index is 0. The molecule has 2 unspecified atom stereocenters. The fraction of sp³-hybridized carbons (Fsp3) is 0.625. The van der Waals surface area contributed by atoms with Crippen molar-refractivity contribution in [2.75, 3.05) is 67.8 Å². The molecule has 2 heterocycles. The SMILES string of the molecule is COCC1(C(=O)OC)CCN(Cc2ccccc2)C1.COCC1(C(=O)OC)CCNC1.N.O=CO. The largest absolute Gasteiger partial charge is 0.483 e. The van der Waals surface area contributed by atoms with Crippen LogP contribution in [-0.4, -0.2) is 96.2 Å². The van der Waals surface area contributed by atoms with E-state index in [-0.39, 0.29) is 24.6 Å². The summed E-state index contributed by atoms with van der Waals surface area (Å²) in [6.07, 6.45) is 1.59. The number of ether oxygens (including phenoxy) is 4. The van der Waals surface area contributed by atoms with Gasteiger partial charge in [-0.2, -0.15) is 0 Å². The second-order valence-corrected chi connectivity index (χ2v) is 8.39. The molecular weight excluding hydrogens is 458 g/mol. The van der Waals surface area contributed by atoms with Gasteiger partial charge in [-0.15, -0.1) is 0 Å². The van der Waals surface area contributed by atoms with E-state index in [1.165, 1.54) is 19.8 Å². The number of hydrogen-bond donors (Lipinski definition) is 3. The molecule has 2 saturated heterocycles. The number of nitrogens with one attached hydrogen (secondary N) is 1. The van der Waals surface area contributed by atoms with E-state index < -0.39 is 10.8 Å². The quantitative estimate of drug-likeness (QED) is 0.350. The maximum absolute atomic E-state index is 12.0. The van der Waals surface area contributed by atoms with Gasteiger partial charge >= 0.3 is 11.9 Å². The Morgan fingerprint density at radius 2 is 1.54 bits per heavy atom. The lowest BCUT2D eigenvalue weighted by Crippen LogP contribution is -2.39. The summed E-state index contributed by atoms with van der Waals surface area (Å²) in [5.41, 5.74) is 0.322. The van der Waals surface area contributed by atoms with Gasteiger partial charge in [-0.25, -0.2) is 0 Å². The molecule has 11 heteroatoms. The van der Waals surface area contributed by atoms with Crippen LogP contribution in [0, 0.1) is 10.8 Å². The van der Waals surface area contributed by atoms with Crippen LogP contribution in [0.25, 0.3) is 0 Å². The minimum atomic E-state index is -0.502. The van der Waals surface area contributed by atoms with E-state index in [0.29, 0.717) is 26.3 Å². The smallest absolute Gasteiger partial charge is 0.315 e. The van der Waals surface area contributed by atoms with Gasteiger partial charge < -0.3 is 35.5 Å². The van der Waals surface area contributed by atoms with Gasteiger partial charge in [-0.1, -0.05) is 30.3 Å². The Labute approximate surface area is 207 Å². The number of carbonyl (C=O) groups excluding carboxylic acids is 2. The first-order valence-corrected chi connectivity index (χ1v) is 11.1. The molecule has 0 amide bonds. The maximum atomic E-state index is 12.0. The third-order valence-electron chi connectivity index (χ3n) is 6.00. The lowest BCUT2D eigenvalue weighted by atomic mass is 9.88. The summed E-state index contributed by atoms with van der Waals surface area (Å²) >= 11 is 0. The molecule has 35 heavy (non-hydrogen) atoms. The molecule has 2 atom stereocenters. The van der Waals surface area contributed by atoms with Crippen molar-refractivity contribution in [1.29, 1.82) is 0 Å². The zero-order chi connectivity index (χ0) is 25.5. The summed E-state index contributed by atoms with van der Waals surface area (Å²) in [6.45, 7) is 4.59. The second kappa shape index (κ2) is 17.0. The van der Waals surface area contributed by atoms with Crippen LogP contribution in [0.4, 0.5) is 0 Å². The molecule has 1 aromatic rings. The van der Waals surface area contributed by atoms with Crippen LogP contribution < -0.4 is 11.5 Å². The van der Waals surface area contributed by atoms with E-state index in [1.807, 2.05) is 18.2 Å². The highest BCUT2D eigenvalue weighted by Crippen LogP contribution is 2.33. The number of benzene rings is 1. The zero-order valence-corrected chi connectivity index (χ0v) is 21.3. The zero-order valence-electron chi connectivity index (χ0n) is 21.3. The highest BCUT2D eigenvalue weighted by Gasteiger charge is 2.45. The Morgan fingerprint density at radius 1 is 1.00 bits per heavy atom.